The zero-order valence-electron chi connectivity index (χ0n) is 15.2. The molecule has 1 amide bonds. The van der Waals surface area contributed by atoms with E-state index in [2.05, 4.69) is 15.5 Å². The Bertz CT molecular complexity index is 928. The minimum atomic E-state index is -0.814. The van der Waals surface area contributed by atoms with Gasteiger partial charge in [0.15, 0.2) is 0 Å². The van der Waals surface area contributed by atoms with Gasteiger partial charge in [-0.1, -0.05) is 13.3 Å². The van der Waals surface area contributed by atoms with Gasteiger partial charge in [-0.25, -0.2) is 14.8 Å². The zero-order chi connectivity index (χ0) is 19.8. The van der Waals surface area contributed by atoms with Crippen LogP contribution in [0.15, 0.2) is 39.0 Å². The van der Waals surface area contributed by atoms with Crippen LogP contribution in [-0.4, -0.2) is 33.4 Å². The Balaban J connectivity index is 2.32. The lowest BCUT2D eigenvalue weighted by Crippen LogP contribution is -2.31. The highest BCUT2D eigenvalue weighted by Crippen LogP contribution is 2.18. The second kappa shape index (κ2) is 9.37. The predicted octanol–water partition coefficient (Wildman–Crippen LogP) is 1.27. The summed E-state index contributed by atoms with van der Waals surface area (Å²) in [6.45, 7) is 4.30. The first-order valence-electron chi connectivity index (χ1n) is 8.61. The molecule has 0 aliphatic rings. The lowest BCUT2D eigenvalue weighted by Gasteiger charge is -2.10. The van der Waals surface area contributed by atoms with Gasteiger partial charge in [-0.15, -0.1) is 0 Å². The summed E-state index contributed by atoms with van der Waals surface area (Å²) in [4.78, 5) is 37.8. The monoisotopic (exact) mass is 374 g/mol. The predicted molar refractivity (Wildman–Crippen MR) is 101 cm³/mol. The Morgan fingerprint density at radius 1 is 1.30 bits per heavy atom. The van der Waals surface area contributed by atoms with E-state index >= 15 is 0 Å². The molecular formula is C18H22N4O5. The maximum absolute atomic E-state index is 12.1. The molecule has 1 aromatic carbocycles. The van der Waals surface area contributed by atoms with Crippen LogP contribution in [0.2, 0.25) is 0 Å². The number of hydrazone groups is 1. The van der Waals surface area contributed by atoms with Gasteiger partial charge in [0.05, 0.1) is 18.5 Å². The molecule has 0 aliphatic heterocycles. The molecule has 2 rings (SSSR count). The van der Waals surface area contributed by atoms with Crippen molar-refractivity contribution in [3.63, 3.8) is 0 Å². The van der Waals surface area contributed by atoms with Gasteiger partial charge in [0.2, 0.25) is 11.8 Å². The number of nitrogens with one attached hydrogen (secondary N) is 2. The van der Waals surface area contributed by atoms with Gasteiger partial charge in [-0.2, -0.15) is 5.10 Å². The van der Waals surface area contributed by atoms with Crippen LogP contribution in [0, 0.1) is 0 Å². The number of ether oxygens (including phenoxy) is 1. The Hall–Kier alpha value is -3.36. The van der Waals surface area contributed by atoms with E-state index < -0.39 is 17.1 Å². The van der Waals surface area contributed by atoms with E-state index in [1.807, 2.05) is 13.8 Å². The fourth-order valence-corrected chi connectivity index (χ4v) is 2.31. The maximum Gasteiger partial charge on any atom is 0.335 e. The second-order valence-electron chi connectivity index (χ2n) is 5.66. The standard InChI is InChI=1S/C18H22N4O5/c1-3-5-6-15(23)21-19-11-14-16(24)20-18(26)22(17(14)25)12-7-9-13(10-8-12)27-4-2/h7-11,25H,3-6H2,1-2H3,(H,21,23)(H,20,24,26)/b19-11-. The molecule has 0 radical (unpaired) electrons. The fourth-order valence-electron chi connectivity index (χ4n) is 2.31. The number of benzene rings is 1. The molecule has 0 fully saturated rings. The Morgan fingerprint density at radius 3 is 2.63 bits per heavy atom. The van der Waals surface area contributed by atoms with Gasteiger partial charge in [0, 0.05) is 6.42 Å². The van der Waals surface area contributed by atoms with Crippen LogP contribution in [0.1, 0.15) is 38.7 Å². The van der Waals surface area contributed by atoms with Gasteiger partial charge < -0.3 is 9.84 Å². The third-order valence-corrected chi connectivity index (χ3v) is 3.67. The Kier molecular flexibility index (Phi) is 6.93. The molecule has 27 heavy (non-hydrogen) atoms. The van der Waals surface area contributed by atoms with Crippen LogP contribution in [0.4, 0.5) is 0 Å². The minimum absolute atomic E-state index is 0.251. The molecule has 1 aromatic heterocycles. The third-order valence-electron chi connectivity index (χ3n) is 3.67. The average molecular weight is 374 g/mol. The number of rotatable bonds is 8. The summed E-state index contributed by atoms with van der Waals surface area (Å²) >= 11 is 0. The molecular weight excluding hydrogens is 352 g/mol. The summed E-state index contributed by atoms with van der Waals surface area (Å²) in [5.41, 5.74) is 0.746. The van der Waals surface area contributed by atoms with E-state index in [4.69, 9.17) is 4.74 Å². The van der Waals surface area contributed by atoms with Gasteiger partial charge in [0.25, 0.3) is 5.56 Å². The van der Waals surface area contributed by atoms with Crippen molar-refractivity contribution in [2.45, 2.75) is 33.1 Å². The van der Waals surface area contributed by atoms with Gasteiger partial charge in [-0.3, -0.25) is 14.6 Å². The third kappa shape index (κ3) is 5.06. The van der Waals surface area contributed by atoms with E-state index in [0.29, 0.717) is 24.5 Å². The number of aromatic nitrogens is 2. The molecule has 0 saturated carbocycles. The number of aromatic hydroxyl groups is 1. The average Bonchev–Trinajstić information content (AvgIpc) is 2.64. The molecule has 9 nitrogen and oxygen atoms in total. The fraction of sp³-hybridized carbons (Fsp3) is 0.333. The number of hydrogen-bond donors (Lipinski definition) is 3. The molecule has 0 unspecified atom stereocenters. The molecule has 0 bridgehead atoms. The molecule has 2 aromatic rings. The molecule has 0 aliphatic carbocycles. The van der Waals surface area contributed by atoms with Crippen molar-refractivity contribution in [2.24, 2.45) is 5.10 Å². The summed E-state index contributed by atoms with van der Waals surface area (Å²) < 4.78 is 6.26. The first-order valence-corrected chi connectivity index (χ1v) is 8.61. The van der Waals surface area contributed by atoms with Gasteiger partial charge >= 0.3 is 5.69 Å². The first kappa shape index (κ1) is 20.0. The Labute approximate surface area is 155 Å². The topological polar surface area (TPSA) is 126 Å². The normalized spacial score (nSPS) is 10.9. The van der Waals surface area contributed by atoms with Crippen molar-refractivity contribution in [3.8, 4) is 17.3 Å². The van der Waals surface area contributed by atoms with E-state index in [-0.39, 0.29) is 11.5 Å². The van der Waals surface area contributed by atoms with E-state index in [1.54, 1.807) is 24.3 Å². The number of hydrogen-bond acceptors (Lipinski definition) is 6. The van der Waals surface area contributed by atoms with Crippen molar-refractivity contribution in [1.82, 2.24) is 15.0 Å². The second-order valence-corrected chi connectivity index (χ2v) is 5.66. The molecule has 3 N–H and O–H groups in total. The summed E-state index contributed by atoms with van der Waals surface area (Å²) in [7, 11) is 0. The smallest absolute Gasteiger partial charge is 0.335 e. The number of aromatic amines is 1. The number of unbranched alkanes of at least 4 members (excludes halogenated alkanes) is 1. The van der Waals surface area contributed by atoms with Gasteiger partial charge in [-0.05, 0) is 37.6 Å². The van der Waals surface area contributed by atoms with Crippen molar-refractivity contribution < 1.29 is 14.6 Å². The lowest BCUT2D eigenvalue weighted by molar-refractivity contribution is -0.121. The number of carbonyl (C=O) groups is 1. The highest BCUT2D eigenvalue weighted by Gasteiger charge is 2.14. The quantitative estimate of drug-likeness (QED) is 0.474. The molecule has 144 valence electrons. The molecule has 9 heteroatoms. The molecule has 1 heterocycles. The number of H-pyrrole nitrogens is 1. The number of nitrogens with zero attached hydrogens (tertiary/aromatic N) is 2. The summed E-state index contributed by atoms with van der Waals surface area (Å²) in [5, 5.41) is 14.1. The largest absolute Gasteiger partial charge is 0.494 e. The Morgan fingerprint density at radius 2 is 2.00 bits per heavy atom. The van der Waals surface area contributed by atoms with Crippen molar-refractivity contribution >= 4 is 12.1 Å². The van der Waals surface area contributed by atoms with Crippen LogP contribution in [0.5, 0.6) is 11.6 Å². The zero-order valence-corrected chi connectivity index (χ0v) is 15.2. The maximum atomic E-state index is 12.1. The van der Waals surface area contributed by atoms with Gasteiger partial charge in [0.1, 0.15) is 11.3 Å². The molecule has 0 atom stereocenters. The summed E-state index contributed by atoms with van der Waals surface area (Å²) in [6, 6.07) is 6.41. The number of carbonyl (C=O) groups excluding carboxylic acids is 1. The minimum Gasteiger partial charge on any atom is -0.494 e. The lowest BCUT2D eigenvalue weighted by atomic mass is 10.2. The number of amides is 1. The highest BCUT2D eigenvalue weighted by atomic mass is 16.5. The van der Waals surface area contributed by atoms with Crippen molar-refractivity contribution in [1.29, 1.82) is 0 Å². The summed E-state index contributed by atoms with van der Waals surface area (Å²) in [5.74, 6) is -0.280. The first-order chi connectivity index (χ1) is 13.0. The van der Waals surface area contributed by atoms with E-state index in [0.717, 1.165) is 23.6 Å². The van der Waals surface area contributed by atoms with E-state index in [1.165, 1.54) is 0 Å². The molecule has 0 spiro atoms. The molecule has 0 saturated heterocycles. The van der Waals surface area contributed by atoms with Crippen molar-refractivity contribution in [2.75, 3.05) is 6.61 Å². The van der Waals surface area contributed by atoms with Crippen LogP contribution < -0.4 is 21.4 Å². The van der Waals surface area contributed by atoms with Crippen LogP contribution in [0.3, 0.4) is 0 Å². The van der Waals surface area contributed by atoms with Crippen LogP contribution in [-0.2, 0) is 4.79 Å². The summed E-state index contributed by atoms with van der Waals surface area (Å²) in [6.07, 6.45) is 2.89. The van der Waals surface area contributed by atoms with Crippen LogP contribution >= 0.6 is 0 Å². The van der Waals surface area contributed by atoms with Crippen molar-refractivity contribution in [3.05, 3.63) is 50.7 Å². The van der Waals surface area contributed by atoms with Crippen LogP contribution in [0.25, 0.3) is 5.69 Å². The highest BCUT2D eigenvalue weighted by molar-refractivity contribution is 5.84. The SMILES string of the molecule is CCCCC(=O)N/N=C\c1c(O)n(-c2ccc(OCC)cc2)c(=O)[nH]c1=O. The van der Waals surface area contributed by atoms with E-state index in [9.17, 15) is 19.5 Å².